The number of phosphoric ester groups is 1. The molecule has 3 N–H and O–H groups in total. The zero-order chi connectivity index (χ0) is 35.4. The minimum atomic E-state index is -4.36. The van der Waals surface area contributed by atoms with E-state index >= 15 is 0 Å². The molecule has 0 aromatic heterocycles. The highest BCUT2D eigenvalue weighted by Gasteiger charge is 2.25. The number of hydrogen-bond acceptors (Lipinski definition) is 8. The number of carbonyl (C=O) groups excluding carboxylic acids is 2. The summed E-state index contributed by atoms with van der Waals surface area (Å²) in [5.41, 5.74) is 5.31. The van der Waals surface area contributed by atoms with E-state index in [0.717, 1.165) is 83.5 Å². The highest BCUT2D eigenvalue weighted by atomic mass is 31.2. The van der Waals surface area contributed by atoms with Gasteiger partial charge in [-0.3, -0.25) is 18.6 Å². The number of ether oxygens (including phenoxy) is 2. The zero-order valence-corrected chi connectivity index (χ0v) is 31.1. The molecule has 0 aliphatic carbocycles. The third-order valence-corrected chi connectivity index (χ3v) is 8.46. The molecule has 0 aliphatic rings. The van der Waals surface area contributed by atoms with E-state index in [4.69, 9.17) is 24.3 Å². The number of phosphoric acid groups is 1. The van der Waals surface area contributed by atoms with Crippen LogP contribution < -0.4 is 5.73 Å². The van der Waals surface area contributed by atoms with Crippen LogP contribution in [0.25, 0.3) is 0 Å². The second kappa shape index (κ2) is 34.8. The zero-order valence-electron chi connectivity index (χ0n) is 30.2. The molecule has 2 unspecified atom stereocenters. The summed E-state index contributed by atoms with van der Waals surface area (Å²) in [4.78, 5) is 34.5. The molecular weight excluding hydrogens is 629 g/mol. The van der Waals surface area contributed by atoms with Gasteiger partial charge < -0.3 is 20.1 Å². The molecule has 0 aromatic rings. The van der Waals surface area contributed by atoms with Crippen molar-refractivity contribution < 1.29 is 37.6 Å². The first-order valence-corrected chi connectivity index (χ1v) is 20.1. The summed E-state index contributed by atoms with van der Waals surface area (Å²) in [6.07, 6.45) is 37.4. The lowest BCUT2D eigenvalue weighted by molar-refractivity contribution is -0.161. The highest BCUT2D eigenvalue weighted by molar-refractivity contribution is 7.47. The second-order valence-electron chi connectivity index (χ2n) is 12.1. The molecule has 48 heavy (non-hydrogen) atoms. The predicted octanol–water partition coefficient (Wildman–Crippen LogP) is 9.99. The van der Waals surface area contributed by atoms with E-state index in [1.807, 2.05) is 0 Å². The van der Waals surface area contributed by atoms with E-state index < -0.39 is 32.5 Å². The van der Waals surface area contributed by atoms with Crippen molar-refractivity contribution in [3.05, 3.63) is 48.6 Å². The Labute approximate surface area is 292 Å². The molecular formula is C38H68NO8P. The van der Waals surface area contributed by atoms with Crippen LogP contribution in [0.4, 0.5) is 0 Å². The summed E-state index contributed by atoms with van der Waals surface area (Å²) >= 11 is 0. The van der Waals surface area contributed by atoms with Crippen molar-refractivity contribution in [2.75, 3.05) is 26.4 Å². The topological polar surface area (TPSA) is 134 Å². The monoisotopic (exact) mass is 697 g/mol. The van der Waals surface area contributed by atoms with Crippen LogP contribution in [0.1, 0.15) is 149 Å². The van der Waals surface area contributed by atoms with Crippen molar-refractivity contribution in [2.45, 2.75) is 155 Å². The van der Waals surface area contributed by atoms with Gasteiger partial charge in [0, 0.05) is 19.4 Å². The Hall–Kier alpha value is -2.03. The fraction of sp³-hybridized carbons (Fsp3) is 0.737. The fourth-order valence-corrected chi connectivity index (χ4v) is 5.51. The first-order valence-electron chi connectivity index (χ1n) is 18.6. The summed E-state index contributed by atoms with van der Waals surface area (Å²) < 4.78 is 32.5. The molecule has 0 saturated carbocycles. The lowest BCUT2D eigenvalue weighted by Gasteiger charge is -2.19. The molecule has 0 fully saturated rings. The second-order valence-corrected chi connectivity index (χ2v) is 13.5. The van der Waals surface area contributed by atoms with Crippen LogP contribution >= 0.6 is 7.82 Å². The first-order chi connectivity index (χ1) is 23.3. The molecule has 0 bridgehead atoms. The van der Waals surface area contributed by atoms with E-state index in [2.05, 4.69) is 62.5 Å². The van der Waals surface area contributed by atoms with Gasteiger partial charge in [0.05, 0.1) is 13.2 Å². The molecule has 10 heteroatoms. The third kappa shape index (κ3) is 33.9. The van der Waals surface area contributed by atoms with Gasteiger partial charge in [-0.2, -0.15) is 0 Å². The van der Waals surface area contributed by atoms with Crippen LogP contribution in [0.3, 0.4) is 0 Å². The highest BCUT2D eigenvalue weighted by Crippen LogP contribution is 2.43. The number of rotatable bonds is 34. The maximum absolute atomic E-state index is 12.5. The van der Waals surface area contributed by atoms with E-state index in [1.165, 1.54) is 32.1 Å². The maximum Gasteiger partial charge on any atom is 0.472 e. The molecule has 0 rings (SSSR count). The average molecular weight is 698 g/mol. The Morgan fingerprint density at radius 3 is 1.71 bits per heavy atom. The third-order valence-electron chi connectivity index (χ3n) is 7.48. The van der Waals surface area contributed by atoms with Crippen molar-refractivity contribution in [1.29, 1.82) is 0 Å². The quantitative estimate of drug-likeness (QED) is 0.0291. The number of carbonyl (C=O) groups is 2. The Balaban J connectivity index is 4.11. The number of nitrogens with two attached hydrogens (primary N) is 1. The molecule has 0 aromatic carbocycles. The molecule has 0 radical (unpaired) electrons. The molecule has 0 aliphatic heterocycles. The van der Waals surface area contributed by atoms with E-state index in [0.29, 0.717) is 6.42 Å². The lowest BCUT2D eigenvalue weighted by Crippen LogP contribution is -2.29. The van der Waals surface area contributed by atoms with E-state index in [1.54, 1.807) is 0 Å². The average Bonchev–Trinajstić information content (AvgIpc) is 3.07. The smallest absolute Gasteiger partial charge is 0.462 e. The van der Waals surface area contributed by atoms with Gasteiger partial charge in [-0.05, 0) is 51.4 Å². The Morgan fingerprint density at radius 1 is 0.646 bits per heavy atom. The molecule has 0 spiro atoms. The van der Waals surface area contributed by atoms with Crippen molar-refractivity contribution in [3.63, 3.8) is 0 Å². The molecule has 0 heterocycles. The summed E-state index contributed by atoms with van der Waals surface area (Å²) in [5, 5.41) is 0. The standard InChI is InChI=1S/C38H68NO8P/c1-3-5-7-9-11-12-13-14-15-16-17-18-19-20-21-22-23-24-25-27-29-31-38(41)47-36(35-46-48(42,43)45-33-32-39)34-44-37(40)30-28-26-10-8-6-4-2/h5,7,11-12,14-15,17-18,36H,3-4,6,8-10,13,16,19-35,39H2,1-2H3,(H,42,43)/b7-5-,12-11-,15-14-,18-17-. The summed E-state index contributed by atoms with van der Waals surface area (Å²) in [7, 11) is -4.36. The maximum atomic E-state index is 12.5. The van der Waals surface area contributed by atoms with Crippen molar-refractivity contribution >= 4 is 19.8 Å². The Bertz CT molecular complexity index is 934. The van der Waals surface area contributed by atoms with Crippen LogP contribution in [0.15, 0.2) is 48.6 Å². The van der Waals surface area contributed by atoms with Crippen LogP contribution in [0, 0.1) is 0 Å². The first kappa shape index (κ1) is 46.0. The van der Waals surface area contributed by atoms with Gasteiger partial charge in [-0.25, -0.2) is 4.57 Å². The molecule has 9 nitrogen and oxygen atoms in total. The minimum Gasteiger partial charge on any atom is -0.462 e. The number of esters is 2. The van der Waals surface area contributed by atoms with Gasteiger partial charge in [-0.15, -0.1) is 0 Å². The molecule has 2 atom stereocenters. The van der Waals surface area contributed by atoms with Gasteiger partial charge in [-0.1, -0.05) is 133 Å². The van der Waals surface area contributed by atoms with E-state index in [9.17, 15) is 19.0 Å². The normalized spacial score (nSPS) is 14.0. The SMILES string of the molecule is CC/C=C\C/C=C\C/C=C\C/C=C\CCCCCCCCCCC(=O)OC(COC(=O)CCCCCCCC)COP(=O)(O)OCCN. The van der Waals surface area contributed by atoms with Crippen molar-refractivity contribution in [1.82, 2.24) is 0 Å². The van der Waals surface area contributed by atoms with Gasteiger partial charge in [0.1, 0.15) is 6.61 Å². The molecule has 278 valence electrons. The summed E-state index contributed by atoms with van der Waals surface area (Å²) in [5.74, 6) is -0.852. The van der Waals surface area contributed by atoms with Gasteiger partial charge in [0.25, 0.3) is 0 Å². The van der Waals surface area contributed by atoms with Crippen LogP contribution in [0.5, 0.6) is 0 Å². The van der Waals surface area contributed by atoms with Crippen LogP contribution in [-0.2, 0) is 32.7 Å². The Kier molecular flexibility index (Phi) is 33.3. The minimum absolute atomic E-state index is 0.0507. The number of hydrogen-bond donors (Lipinski definition) is 2. The van der Waals surface area contributed by atoms with Crippen molar-refractivity contribution in [3.8, 4) is 0 Å². The fourth-order valence-electron chi connectivity index (χ4n) is 4.74. The lowest BCUT2D eigenvalue weighted by atomic mass is 10.1. The van der Waals surface area contributed by atoms with Crippen LogP contribution in [0.2, 0.25) is 0 Å². The van der Waals surface area contributed by atoms with Gasteiger partial charge in [0.2, 0.25) is 0 Å². The van der Waals surface area contributed by atoms with E-state index in [-0.39, 0.29) is 32.6 Å². The van der Waals surface area contributed by atoms with Crippen LogP contribution in [-0.4, -0.2) is 49.3 Å². The molecule has 0 amide bonds. The Morgan fingerprint density at radius 2 is 1.15 bits per heavy atom. The largest absolute Gasteiger partial charge is 0.472 e. The van der Waals surface area contributed by atoms with Gasteiger partial charge >= 0.3 is 19.8 Å². The number of allylic oxidation sites excluding steroid dienone is 8. The van der Waals surface area contributed by atoms with Crippen molar-refractivity contribution in [2.24, 2.45) is 5.73 Å². The number of unbranched alkanes of at least 4 members (excludes halogenated alkanes) is 13. The predicted molar refractivity (Wildman–Crippen MR) is 196 cm³/mol. The summed E-state index contributed by atoms with van der Waals surface area (Å²) in [6, 6.07) is 0. The molecule has 0 saturated heterocycles. The summed E-state index contributed by atoms with van der Waals surface area (Å²) in [6.45, 7) is 3.52. The van der Waals surface area contributed by atoms with Gasteiger partial charge in [0.15, 0.2) is 6.10 Å².